The van der Waals surface area contributed by atoms with Gasteiger partial charge in [-0.25, -0.2) is 15.0 Å². The van der Waals surface area contributed by atoms with E-state index in [1.54, 1.807) is 12.5 Å². The van der Waals surface area contributed by atoms with Gasteiger partial charge in [0.15, 0.2) is 5.65 Å². The molecule has 0 bridgehead atoms. The molecule has 116 valence electrons. The van der Waals surface area contributed by atoms with Gasteiger partial charge in [-0.1, -0.05) is 0 Å². The second kappa shape index (κ2) is 5.60. The molecule has 0 atom stereocenters. The summed E-state index contributed by atoms with van der Waals surface area (Å²) < 4.78 is 2.13. The smallest absolute Gasteiger partial charge is 0.205 e. The Kier molecular flexibility index (Phi) is 4.18. The zero-order valence-electron chi connectivity index (χ0n) is 13.9. The highest BCUT2D eigenvalue weighted by Gasteiger charge is 2.22. The molecule has 2 rings (SSSR count). The molecule has 6 heteroatoms. The molecule has 0 aliphatic rings. The van der Waals surface area contributed by atoms with Gasteiger partial charge >= 0.3 is 0 Å². The molecule has 0 saturated heterocycles. The van der Waals surface area contributed by atoms with E-state index < -0.39 is 0 Å². The number of hydrogen-bond acceptors (Lipinski definition) is 5. The molecule has 2 aromatic heterocycles. The molecule has 2 aromatic rings. The summed E-state index contributed by atoms with van der Waals surface area (Å²) >= 11 is 0. The fourth-order valence-electron chi connectivity index (χ4n) is 2.20. The van der Waals surface area contributed by atoms with Gasteiger partial charge in [-0.15, -0.1) is 0 Å². The van der Waals surface area contributed by atoms with E-state index in [2.05, 4.69) is 71.7 Å². The lowest BCUT2D eigenvalue weighted by atomic mass is 10.1. The topological polar surface area (TPSA) is 67.7 Å². The highest BCUT2D eigenvalue weighted by molar-refractivity contribution is 5.73. The molecule has 0 amide bonds. The maximum atomic E-state index is 4.61. The highest BCUT2D eigenvalue weighted by Crippen LogP contribution is 2.25. The van der Waals surface area contributed by atoms with Gasteiger partial charge in [0.1, 0.15) is 11.8 Å². The van der Waals surface area contributed by atoms with Crippen LogP contribution >= 0.6 is 0 Å². The van der Waals surface area contributed by atoms with Crippen LogP contribution in [0.5, 0.6) is 0 Å². The fourth-order valence-corrected chi connectivity index (χ4v) is 2.20. The van der Waals surface area contributed by atoms with Gasteiger partial charge in [0.05, 0.1) is 6.20 Å². The molecular weight excluding hydrogens is 264 g/mol. The van der Waals surface area contributed by atoms with Crippen LogP contribution < -0.4 is 10.6 Å². The molecule has 6 nitrogen and oxygen atoms in total. The number of hydrogen-bond donors (Lipinski definition) is 2. The summed E-state index contributed by atoms with van der Waals surface area (Å²) in [7, 11) is 0. The predicted octanol–water partition coefficient (Wildman–Crippen LogP) is 2.38. The van der Waals surface area contributed by atoms with E-state index in [1.807, 2.05) is 0 Å². The van der Waals surface area contributed by atoms with E-state index in [1.165, 1.54) is 0 Å². The quantitative estimate of drug-likeness (QED) is 0.846. The first-order valence-corrected chi connectivity index (χ1v) is 7.36. The van der Waals surface area contributed by atoms with E-state index in [4.69, 9.17) is 0 Å². The summed E-state index contributed by atoms with van der Waals surface area (Å²) in [5, 5.41) is 6.86. The van der Waals surface area contributed by atoms with Gasteiger partial charge in [-0.3, -0.25) is 4.57 Å². The van der Waals surface area contributed by atoms with Crippen LogP contribution in [-0.2, 0) is 5.54 Å². The number of nitrogens with zero attached hydrogens (tertiary/aromatic N) is 4. The van der Waals surface area contributed by atoms with Crippen molar-refractivity contribution in [1.82, 2.24) is 24.8 Å². The first kappa shape index (κ1) is 15.7. The first-order chi connectivity index (χ1) is 9.68. The Morgan fingerprint density at radius 3 is 2.43 bits per heavy atom. The van der Waals surface area contributed by atoms with Crippen molar-refractivity contribution >= 4 is 17.1 Å². The minimum atomic E-state index is -0.0944. The molecule has 0 saturated carbocycles. The van der Waals surface area contributed by atoms with E-state index in [-0.39, 0.29) is 11.1 Å². The average Bonchev–Trinajstić information content (AvgIpc) is 2.71. The zero-order valence-corrected chi connectivity index (χ0v) is 13.9. The number of imidazole rings is 1. The van der Waals surface area contributed by atoms with Crippen LogP contribution in [0, 0.1) is 0 Å². The van der Waals surface area contributed by atoms with Gasteiger partial charge in [0.2, 0.25) is 5.95 Å². The van der Waals surface area contributed by atoms with Gasteiger partial charge in [-0.2, -0.15) is 0 Å². The standard InChI is InChI=1S/C15H26N6/c1-14(2,3)19-8-7-17-13-20-11-9-16-10-18-12(11)21(13)15(4,5)6/h9-10,19H,7-8H2,1-6H3,(H,17,20). The second-order valence-electron chi connectivity index (χ2n) is 7.28. The van der Waals surface area contributed by atoms with Crippen molar-refractivity contribution in [3.63, 3.8) is 0 Å². The van der Waals surface area contributed by atoms with Gasteiger partial charge < -0.3 is 10.6 Å². The molecule has 2 N–H and O–H groups in total. The Morgan fingerprint density at radius 2 is 1.81 bits per heavy atom. The highest BCUT2D eigenvalue weighted by atomic mass is 15.3. The minimum Gasteiger partial charge on any atom is -0.354 e. The van der Waals surface area contributed by atoms with E-state index >= 15 is 0 Å². The Hall–Kier alpha value is -1.69. The molecule has 0 spiro atoms. The van der Waals surface area contributed by atoms with Gasteiger partial charge in [0.25, 0.3) is 0 Å². The molecule has 0 radical (unpaired) electrons. The number of fused-ring (bicyclic) bond motifs is 1. The summed E-state index contributed by atoms with van der Waals surface area (Å²) in [6.45, 7) is 14.6. The van der Waals surface area contributed by atoms with Crippen LogP contribution in [0.4, 0.5) is 5.95 Å². The lowest BCUT2D eigenvalue weighted by molar-refractivity contribution is 0.408. The first-order valence-electron chi connectivity index (χ1n) is 7.36. The second-order valence-corrected chi connectivity index (χ2v) is 7.28. The summed E-state index contributed by atoms with van der Waals surface area (Å²) in [6, 6.07) is 0. The maximum absolute atomic E-state index is 4.61. The minimum absolute atomic E-state index is 0.0944. The third-order valence-corrected chi connectivity index (χ3v) is 3.06. The molecule has 0 aromatic carbocycles. The van der Waals surface area contributed by atoms with E-state index in [0.717, 1.165) is 30.2 Å². The third-order valence-electron chi connectivity index (χ3n) is 3.06. The number of aromatic nitrogens is 4. The van der Waals surface area contributed by atoms with Crippen LogP contribution in [0.2, 0.25) is 0 Å². The summed E-state index contributed by atoms with van der Waals surface area (Å²) in [5.74, 6) is 0.841. The van der Waals surface area contributed by atoms with Crippen molar-refractivity contribution in [2.45, 2.75) is 52.6 Å². The number of nitrogens with one attached hydrogen (secondary N) is 2. The molecule has 2 heterocycles. The predicted molar refractivity (Wildman–Crippen MR) is 86.6 cm³/mol. The van der Waals surface area contributed by atoms with Crippen LogP contribution in [0.3, 0.4) is 0 Å². The molecule has 0 aliphatic heterocycles. The van der Waals surface area contributed by atoms with Crippen molar-refractivity contribution in [2.24, 2.45) is 0 Å². The third kappa shape index (κ3) is 3.91. The van der Waals surface area contributed by atoms with Crippen LogP contribution in [0.1, 0.15) is 41.5 Å². The molecular formula is C15H26N6. The Balaban J connectivity index is 2.19. The zero-order chi connectivity index (χ0) is 15.7. The Morgan fingerprint density at radius 1 is 1.10 bits per heavy atom. The molecule has 21 heavy (non-hydrogen) atoms. The normalized spacial score (nSPS) is 12.9. The van der Waals surface area contributed by atoms with Crippen molar-refractivity contribution < 1.29 is 0 Å². The van der Waals surface area contributed by atoms with Crippen molar-refractivity contribution in [1.29, 1.82) is 0 Å². The Labute approximate surface area is 126 Å². The Bertz CT molecular complexity index is 603. The lowest BCUT2D eigenvalue weighted by Gasteiger charge is -2.25. The lowest BCUT2D eigenvalue weighted by Crippen LogP contribution is -2.39. The number of rotatable bonds is 4. The van der Waals surface area contributed by atoms with Crippen LogP contribution in [-0.4, -0.2) is 38.1 Å². The van der Waals surface area contributed by atoms with Gasteiger partial charge in [-0.05, 0) is 41.5 Å². The summed E-state index contributed by atoms with van der Waals surface area (Å²) in [6.07, 6.45) is 3.32. The summed E-state index contributed by atoms with van der Waals surface area (Å²) in [4.78, 5) is 13.0. The molecule has 0 unspecified atom stereocenters. The van der Waals surface area contributed by atoms with Crippen molar-refractivity contribution in [2.75, 3.05) is 18.4 Å². The van der Waals surface area contributed by atoms with Crippen LogP contribution in [0.15, 0.2) is 12.5 Å². The van der Waals surface area contributed by atoms with Crippen LogP contribution in [0.25, 0.3) is 11.2 Å². The largest absolute Gasteiger partial charge is 0.354 e. The molecule has 0 fully saturated rings. The maximum Gasteiger partial charge on any atom is 0.205 e. The fraction of sp³-hybridized carbons (Fsp3) is 0.667. The SMILES string of the molecule is CC(C)(C)NCCNc1nc2cncnc2n1C(C)(C)C. The molecule has 0 aliphatic carbocycles. The van der Waals surface area contributed by atoms with Gasteiger partial charge in [0, 0.05) is 24.2 Å². The van der Waals surface area contributed by atoms with Crippen molar-refractivity contribution in [3.05, 3.63) is 12.5 Å². The number of anilines is 1. The van der Waals surface area contributed by atoms with E-state index in [0.29, 0.717) is 0 Å². The monoisotopic (exact) mass is 290 g/mol. The van der Waals surface area contributed by atoms with Crippen molar-refractivity contribution in [3.8, 4) is 0 Å². The summed E-state index contributed by atoms with van der Waals surface area (Å²) in [5.41, 5.74) is 1.71. The van der Waals surface area contributed by atoms with E-state index in [9.17, 15) is 0 Å². The average molecular weight is 290 g/mol.